The molecule has 3 rings (SSSR count). The summed E-state index contributed by atoms with van der Waals surface area (Å²) in [5, 5.41) is 9.82. The molecule has 0 aliphatic carbocycles. The zero-order valence-corrected chi connectivity index (χ0v) is 13.3. The van der Waals surface area contributed by atoms with Gasteiger partial charge in [0.15, 0.2) is 5.82 Å². The smallest absolute Gasteiger partial charge is 0.269 e. The van der Waals surface area contributed by atoms with E-state index in [1.165, 1.54) is 5.56 Å². The van der Waals surface area contributed by atoms with Gasteiger partial charge in [-0.25, -0.2) is 0 Å². The van der Waals surface area contributed by atoms with Gasteiger partial charge in [0.05, 0.1) is 0 Å². The van der Waals surface area contributed by atoms with Gasteiger partial charge >= 0.3 is 0 Å². The fraction of sp³-hybridized carbons (Fsp3) is 0.167. The second-order valence-electron chi connectivity index (χ2n) is 5.37. The van der Waals surface area contributed by atoms with E-state index in [1.54, 1.807) is 24.4 Å². The molecule has 0 unspecified atom stereocenters. The lowest BCUT2D eigenvalue weighted by Crippen LogP contribution is -2.26. The molecule has 0 saturated heterocycles. The molecule has 1 amide bonds. The summed E-state index contributed by atoms with van der Waals surface area (Å²) in [6.07, 6.45) is 2.37. The first kappa shape index (κ1) is 15.7. The first-order valence-electron chi connectivity index (χ1n) is 7.69. The van der Waals surface area contributed by atoms with Crippen molar-refractivity contribution in [2.75, 3.05) is 11.9 Å². The van der Waals surface area contributed by atoms with Crippen LogP contribution >= 0.6 is 0 Å². The maximum atomic E-state index is 12.2. The number of pyridine rings is 1. The highest BCUT2D eigenvalue weighted by molar-refractivity contribution is 5.93. The predicted octanol–water partition coefficient (Wildman–Crippen LogP) is 3.09. The van der Waals surface area contributed by atoms with Crippen LogP contribution in [0, 0.1) is 6.92 Å². The van der Waals surface area contributed by atoms with Crippen LogP contribution in [-0.2, 0) is 6.42 Å². The Labute approximate surface area is 139 Å². The summed E-state index contributed by atoms with van der Waals surface area (Å²) < 4.78 is 5.00. The summed E-state index contributed by atoms with van der Waals surface area (Å²) in [6, 6.07) is 15.2. The average molecular weight is 322 g/mol. The number of nitrogens with zero attached hydrogens (tertiary/aromatic N) is 2. The molecular weight excluding hydrogens is 304 g/mol. The van der Waals surface area contributed by atoms with Crippen LogP contribution in [0.3, 0.4) is 0 Å². The van der Waals surface area contributed by atoms with Crippen molar-refractivity contribution >= 4 is 17.4 Å². The van der Waals surface area contributed by atoms with Gasteiger partial charge in [-0.2, -0.15) is 0 Å². The third-order valence-electron chi connectivity index (χ3n) is 3.44. The van der Waals surface area contributed by atoms with Gasteiger partial charge in [0.2, 0.25) is 0 Å². The van der Waals surface area contributed by atoms with E-state index in [-0.39, 0.29) is 5.91 Å². The molecule has 0 bridgehead atoms. The van der Waals surface area contributed by atoms with Crippen molar-refractivity contribution in [2.24, 2.45) is 0 Å². The van der Waals surface area contributed by atoms with E-state index in [0.717, 1.165) is 12.1 Å². The van der Waals surface area contributed by atoms with Gasteiger partial charge in [0.1, 0.15) is 11.5 Å². The molecule has 2 N–H and O–H groups in total. The van der Waals surface area contributed by atoms with Crippen LogP contribution in [0.1, 0.15) is 21.8 Å². The average Bonchev–Trinajstić information content (AvgIpc) is 3.01. The van der Waals surface area contributed by atoms with Crippen LogP contribution < -0.4 is 10.6 Å². The molecular formula is C18H18N4O2. The SMILES string of the molecule is Cc1cc(Nc2ccnc(C(=O)NCCc3ccccc3)c2)no1. The maximum Gasteiger partial charge on any atom is 0.269 e. The number of anilines is 2. The fourth-order valence-electron chi connectivity index (χ4n) is 2.26. The second-order valence-corrected chi connectivity index (χ2v) is 5.37. The van der Waals surface area contributed by atoms with Gasteiger partial charge in [-0.15, -0.1) is 0 Å². The number of aromatic nitrogens is 2. The van der Waals surface area contributed by atoms with Crippen LogP contribution in [-0.4, -0.2) is 22.6 Å². The van der Waals surface area contributed by atoms with Crippen LogP contribution in [0.25, 0.3) is 0 Å². The third kappa shape index (κ3) is 4.19. The highest BCUT2D eigenvalue weighted by atomic mass is 16.5. The second kappa shape index (κ2) is 7.41. The number of hydrogen-bond donors (Lipinski definition) is 2. The Morgan fingerprint density at radius 2 is 2.00 bits per heavy atom. The lowest BCUT2D eigenvalue weighted by Gasteiger charge is -2.07. The minimum absolute atomic E-state index is 0.203. The summed E-state index contributed by atoms with van der Waals surface area (Å²) in [5.74, 6) is 1.10. The van der Waals surface area contributed by atoms with E-state index >= 15 is 0 Å². The van der Waals surface area contributed by atoms with Crippen LogP contribution in [0.5, 0.6) is 0 Å². The Kier molecular flexibility index (Phi) is 4.86. The lowest BCUT2D eigenvalue weighted by molar-refractivity contribution is 0.0949. The molecule has 0 atom stereocenters. The monoisotopic (exact) mass is 322 g/mol. The molecule has 122 valence electrons. The maximum absolute atomic E-state index is 12.2. The number of carbonyl (C=O) groups excluding carboxylic acids is 1. The first-order chi connectivity index (χ1) is 11.7. The number of rotatable bonds is 6. The Bertz CT molecular complexity index is 815. The molecule has 24 heavy (non-hydrogen) atoms. The van der Waals surface area contributed by atoms with E-state index < -0.39 is 0 Å². The van der Waals surface area contributed by atoms with E-state index in [1.807, 2.05) is 37.3 Å². The van der Waals surface area contributed by atoms with E-state index in [0.29, 0.717) is 23.8 Å². The largest absolute Gasteiger partial charge is 0.360 e. The van der Waals surface area contributed by atoms with Crippen molar-refractivity contribution < 1.29 is 9.32 Å². The number of aryl methyl sites for hydroxylation is 1. The van der Waals surface area contributed by atoms with E-state index in [4.69, 9.17) is 4.52 Å². The van der Waals surface area contributed by atoms with E-state index in [9.17, 15) is 4.79 Å². The molecule has 0 fully saturated rings. The quantitative estimate of drug-likeness (QED) is 0.729. The van der Waals surface area contributed by atoms with Crippen LogP contribution in [0.15, 0.2) is 59.3 Å². The van der Waals surface area contributed by atoms with E-state index in [2.05, 4.69) is 20.8 Å². The van der Waals surface area contributed by atoms with Crippen molar-refractivity contribution in [3.8, 4) is 0 Å². The van der Waals surface area contributed by atoms with Gasteiger partial charge in [-0.1, -0.05) is 35.5 Å². The standard InChI is InChI=1S/C18H18N4O2/c1-13-11-17(22-24-13)21-15-8-10-19-16(12-15)18(23)20-9-7-14-5-3-2-4-6-14/h2-6,8,10-12H,7,9H2,1H3,(H,20,23)(H,19,21,22). The van der Waals surface area contributed by atoms with Gasteiger partial charge in [-0.3, -0.25) is 9.78 Å². The summed E-state index contributed by atoms with van der Waals surface area (Å²) in [4.78, 5) is 16.3. The molecule has 0 aliphatic rings. The summed E-state index contributed by atoms with van der Waals surface area (Å²) in [6.45, 7) is 2.38. The molecule has 0 radical (unpaired) electrons. The lowest BCUT2D eigenvalue weighted by atomic mass is 10.1. The summed E-state index contributed by atoms with van der Waals surface area (Å²) in [7, 11) is 0. The topological polar surface area (TPSA) is 80.0 Å². The fourth-order valence-corrected chi connectivity index (χ4v) is 2.26. The third-order valence-corrected chi connectivity index (χ3v) is 3.44. The molecule has 2 heterocycles. The number of carbonyl (C=O) groups is 1. The molecule has 6 heteroatoms. The Balaban J connectivity index is 1.57. The minimum atomic E-state index is -0.203. The molecule has 0 spiro atoms. The van der Waals surface area contributed by atoms with Crippen molar-refractivity contribution in [2.45, 2.75) is 13.3 Å². The molecule has 3 aromatic rings. The van der Waals surface area contributed by atoms with Gasteiger partial charge in [0, 0.05) is 24.5 Å². The molecule has 6 nitrogen and oxygen atoms in total. The summed E-state index contributed by atoms with van der Waals surface area (Å²) in [5.41, 5.74) is 2.27. The predicted molar refractivity (Wildman–Crippen MR) is 91.2 cm³/mol. The number of benzene rings is 1. The van der Waals surface area contributed by atoms with Crippen molar-refractivity contribution in [3.05, 3.63) is 71.7 Å². The zero-order valence-electron chi connectivity index (χ0n) is 13.3. The zero-order chi connectivity index (χ0) is 16.8. The number of hydrogen-bond acceptors (Lipinski definition) is 5. The van der Waals surface area contributed by atoms with Crippen molar-refractivity contribution in [3.63, 3.8) is 0 Å². The number of amides is 1. The normalized spacial score (nSPS) is 10.4. The molecule has 0 saturated carbocycles. The van der Waals surface area contributed by atoms with Gasteiger partial charge in [-0.05, 0) is 31.0 Å². The minimum Gasteiger partial charge on any atom is -0.360 e. The molecule has 0 aliphatic heterocycles. The first-order valence-corrected chi connectivity index (χ1v) is 7.69. The van der Waals surface area contributed by atoms with Crippen molar-refractivity contribution in [1.29, 1.82) is 0 Å². The Morgan fingerprint density at radius 3 is 2.75 bits per heavy atom. The molecule has 2 aromatic heterocycles. The Morgan fingerprint density at radius 1 is 1.17 bits per heavy atom. The highest BCUT2D eigenvalue weighted by Crippen LogP contribution is 2.16. The van der Waals surface area contributed by atoms with Crippen molar-refractivity contribution in [1.82, 2.24) is 15.5 Å². The summed E-state index contributed by atoms with van der Waals surface area (Å²) >= 11 is 0. The molecule has 1 aromatic carbocycles. The number of nitrogens with one attached hydrogen (secondary N) is 2. The van der Waals surface area contributed by atoms with Crippen LogP contribution in [0.4, 0.5) is 11.5 Å². The van der Waals surface area contributed by atoms with Crippen LogP contribution in [0.2, 0.25) is 0 Å². The highest BCUT2D eigenvalue weighted by Gasteiger charge is 2.08. The Hall–Kier alpha value is -3.15. The van der Waals surface area contributed by atoms with Gasteiger partial charge < -0.3 is 15.2 Å². The van der Waals surface area contributed by atoms with Gasteiger partial charge in [0.25, 0.3) is 5.91 Å².